The van der Waals surface area contributed by atoms with E-state index in [0.29, 0.717) is 17.9 Å². The highest BCUT2D eigenvalue weighted by Gasteiger charge is 2.36. The van der Waals surface area contributed by atoms with Crippen molar-refractivity contribution in [3.8, 4) is 12.1 Å². The average molecular weight is 533 g/mol. The van der Waals surface area contributed by atoms with Gasteiger partial charge < -0.3 is 4.74 Å². The van der Waals surface area contributed by atoms with Gasteiger partial charge >= 0.3 is 0 Å². The van der Waals surface area contributed by atoms with Gasteiger partial charge in [0.05, 0.1) is 17.2 Å². The van der Waals surface area contributed by atoms with Crippen molar-refractivity contribution in [3.63, 3.8) is 0 Å². The predicted octanol–water partition coefficient (Wildman–Crippen LogP) is 3.77. The Bertz CT molecular complexity index is 1480. The molecule has 0 aliphatic carbocycles. The second-order valence-corrected chi connectivity index (χ2v) is 11.8. The molecule has 1 fully saturated rings. The van der Waals surface area contributed by atoms with E-state index in [1.54, 1.807) is 16.7 Å². The maximum atomic E-state index is 13.8. The number of sulfonamides is 1. The zero-order chi connectivity index (χ0) is 26.9. The van der Waals surface area contributed by atoms with Crippen molar-refractivity contribution in [2.45, 2.75) is 57.0 Å². The average Bonchev–Trinajstić information content (AvgIpc) is 3.37. The molecule has 9 heteroatoms. The summed E-state index contributed by atoms with van der Waals surface area (Å²) in [5.41, 5.74) is 4.26. The lowest BCUT2D eigenvalue weighted by molar-refractivity contribution is -0.135. The standard InChI is InChI=1S/C29H32N4O4S/c1-21-16-22(2)29(23(3)17-21)38(35,36)33-13-5-4-9-25(33)19-37-20-27(34)32-15-14-31-12-7-10-26(31)28(32)24-8-6-11-30-18-24/h6-8,10-12,16-18,25,28H,4-5,9,13,19-20H2,1-3H3. The molecule has 1 aromatic carbocycles. The molecule has 0 saturated carbocycles. The second kappa shape index (κ2) is 10.7. The van der Waals surface area contributed by atoms with Crippen LogP contribution in [0.2, 0.25) is 0 Å². The molecule has 198 valence electrons. The van der Waals surface area contributed by atoms with Gasteiger partial charge in [-0.05, 0) is 62.9 Å². The Morgan fingerprint density at radius 2 is 1.89 bits per heavy atom. The Kier molecular flexibility index (Phi) is 7.39. The van der Waals surface area contributed by atoms with Gasteiger partial charge in [-0.25, -0.2) is 8.42 Å². The highest BCUT2D eigenvalue weighted by atomic mass is 32.2. The maximum Gasteiger partial charge on any atom is 0.261 e. The molecule has 3 aromatic rings. The van der Waals surface area contributed by atoms with Crippen molar-refractivity contribution >= 4 is 15.9 Å². The molecule has 2 aliphatic heterocycles. The van der Waals surface area contributed by atoms with E-state index < -0.39 is 16.1 Å². The van der Waals surface area contributed by atoms with Crippen molar-refractivity contribution in [1.82, 2.24) is 18.8 Å². The summed E-state index contributed by atoms with van der Waals surface area (Å²) in [5, 5.41) is 0. The number of piperidine rings is 1. The van der Waals surface area contributed by atoms with Gasteiger partial charge in [-0.2, -0.15) is 4.31 Å². The van der Waals surface area contributed by atoms with Crippen LogP contribution in [0.3, 0.4) is 0 Å². The third-order valence-corrected chi connectivity index (χ3v) is 9.42. The molecule has 0 bridgehead atoms. The molecular formula is C29H32N4O4S. The normalized spacial score (nSPS) is 19.5. The van der Waals surface area contributed by atoms with E-state index in [2.05, 4.69) is 17.1 Å². The van der Waals surface area contributed by atoms with Gasteiger partial charge in [0.25, 0.3) is 5.91 Å². The van der Waals surface area contributed by atoms with E-state index in [4.69, 9.17) is 4.74 Å². The topological polar surface area (TPSA) is 84.7 Å². The summed E-state index contributed by atoms with van der Waals surface area (Å²) in [6.45, 7) is 6.04. The molecule has 2 aromatic heterocycles. The number of hydrogen-bond donors (Lipinski definition) is 0. The fraction of sp³-hybridized carbons (Fsp3) is 0.379. The quantitative estimate of drug-likeness (QED) is 0.433. The van der Waals surface area contributed by atoms with Crippen LogP contribution in [0.5, 0.6) is 0 Å². The zero-order valence-corrected chi connectivity index (χ0v) is 22.7. The third-order valence-electron chi connectivity index (χ3n) is 7.16. The number of carbonyl (C=O) groups is 1. The Labute approximate surface area is 224 Å². The fourth-order valence-corrected chi connectivity index (χ4v) is 7.68. The molecule has 38 heavy (non-hydrogen) atoms. The van der Waals surface area contributed by atoms with Crippen LogP contribution in [-0.2, 0) is 19.6 Å². The molecule has 0 spiro atoms. The minimum Gasteiger partial charge on any atom is -0.370 e. The Morgan fingerprint density at radius 3 is 2.63 bits per heavy atom. The molecule has 0 radical (unpaired) electrons. The van der Waals surface area contributed by atoms with Crippen molar-refractivity contribution in [1.29, 1.82) is 0 Å². The van der Waals surface area contributed by atoms with Crippen LogP contribution < -0.4 is 0 Å². The van der Waals surface area contributed by atoms with Gasteiger partial charge in [-0.15, -0.1) is 0 Å². The SMILES string of the molecule is Cc1cc(C)c(S(=O)(=O)N2CCCCC2COCC(=O)N2C#Cn3cccc3C2c2cccnc2)c(C)c1. The lowest BCUT2D eigenvalue weighted by Crippen LogP contribution is -2.47. The van der Waals surface area contributed by atoms with Crippen molar-refractivity contribution in [2.24, 2.45) is 0 Å². The van der Waals surface area contributed by atoms with Crippen LogP contribution in [-0.4, -0.2) is 58.9 Å². The van der Waals surface area contributed by atoms with Crippen molar-refractivity contribution in [3.05, 3.63) is 82.9 Å². The molecule has 2 unspecified atom stereocenters. The monoisotopic (exact) mass is 532 g/mol. The second-order valence-electron chi connectivity index (χ2n) is 9.99. The van der Waals surface area contributed by atoms with Gasteiger partial charge in [0.15, 0.2) is 0 Å². The van der Waals surface area contributed by atoms with Crippen LogP contribution in [0, 0.1) is 32.9 Å². The number of aromatic nitrogens is 2. The predicted molar refractivity (Wildman–Crippen MR) is 144 cm³/mol. The fourth-order valence-electron chi connectivity index (χ4n) is 5.59. The van der Waals surface area contributed by atoms with Crippen LogP contribution in [0.15, 0.2) is 59.9 Å². The molecule has 1 saturated heterocycles. The Morgan fingerprint density at radius 1 is 1.11 bits per heavy atom. The largest absolute Gasteiger partial charge is 0.370 e. The summed E-state index contributed by atoms with van der Waals surface area (Å²) in [5.74, 6) is -0.283. The summed E-state index contributed by atoms with van der Waals surface area (Å²) >= 11 is 0. The first kappa shape index (κ1) is 26.2. The number of fused-ring (bicyclic) bond motifs is 1. The van der Waals surface area contributed by atoms with E-state index >= 15 is 0 Å². The molecule has 4 heterocycles. The van der Waals surface area contributed by atoms with Gasteiger partial charge in [0, 0.05) is 48.8 Å². The maximum absolute atomic E-state index is 13.8. The lowest BCUT2D eigenvalue weighted by atomic mass is 10.0. The van der Waals surface area contributed by atoms with E-state index in [1.807, 2.05) is 67.9 Å². The number of carbonyl (C=O) groups excluding carboxylic acids is 1. The first-order valence-electron chi connectivity index (χ1n) is 12.9. The minimum atomic E-state index is -3.71. The first-order chi connectivity index (χ1) is 18.3. The van der Waals surface area contributed by atoms with Crippen LogP contribution in [0.1, 0.15) is 53.3 Å². The number of benzene rings is 1. The number of aryl methyl sites for hydroxylation is 3. The minimum absolute atomic E-state index is 0.143. The highest BCUT2D eigenvalue weighted by molar-refractivity contribution is 7.89. The number of amides is 1. The van der Waals surface area contributed by atoms with E-state index in [-0.39, 0.29) is 25.2 Å². The van der Waals surface area contributed by atoms with E-state index in [9.17, 15) is 13.2 Å². The van der Waals surface area contributed by atoms with Crippen LogP contribution >= 0.6 is 0 Å². The highest BCUT2D eigenvalue weighted by Crippen LogP contribution is 2.32. The number of hydrogen-bond acceptors (Lipinski definition) is 5. The number of pyridine rings is 1. The van der Waals surface area contributed by atoms with Crippen LogP contribution in [0.4, 0.5) is 0 Å². The summed E-state index contributed by atoms with van der Waals surface area (Å²) in [4.78, 5) is 19.4. The zero-order valence-electron chi connectivity index (χ0n) is 21.9. The number of rotatable bonds is 7. The number of ether oxygens (including phenoxy) is 1. The van der Waals surface area contributed by atoms with Gasteiger partial charge in [-0.1, -0.05) is 30.2 Å². The lowest BCUT2D eigenvalue weighted by Gasteiger charge is -2.35. The summed E-state index contributed by atoms with van der Waals surface area (Å²) in [6, 6.07) is 16.6. The van der Waals surface area contributed by atoms with Crippen molar-refractivity contribution < 1.29 is 17.9 Å². The third kappa shape index (κ3) is 4.99. The molecule has 2 aliphatic rings. The van der Waals surface area contributed by atoms with Crippen molar-refractivity contribution in [2.75, 3.05) is 19.8 Å². The van der Waals surface area contributed by atoms with Gasteiger partial charge in [-0.3, -0.25) is 19.2 Å². The molecule has 0 N–H and O–H groups in total. The molecular weight excluding hydrogens is 500 g/mol. The Balaban J connectivity index is 1.30. The summed E-state index contributed by atoms with van der Waals surface area (Å²) < 4.78 is 36.8. The van der Waals surface area contributed by atoms with Gasteiger partial charge in [0.2, 0.25) is 10.0 Å². The van der Waals surface area contributed by atoms with Gasteiger partial charge in [0.1, 0.15) is 12.6 Å². The van der Waals surface area contributed by atoms with E-state index in [0.717, 1.165) is 40.8 Å². The van der Waals surface area contributed by atoms with Crippen LogP contribution in [0.25, 0.3) is 0 Å². The summed E-state index contributed by atoms with van der Waals surface area (Å²) in [6.07, 6.45) is 7.68. The summed E-state index contributed by atoms with van der Waals surface area (Å²) in [7, 11) is -3.71. The molecule has 5 rings (SSSR count). The van der Waals surface area contributed by atoms with E-state index in [1.165, 1.54) is 4.90 Å². The molecule has 2 atom stereocenters. The Hall–Kier alpha value is -3.45. The number of nitrogens with zero attached hydrogens (tertiary/aromatic N) is 4. The smallest absolute Gasteiger partial charge is 0.261 e. The molecule has 1 amide bonds. The first-order valence-corrected chi connectivity index (χ1v) is 14.3. The molecule has 8 nitrogen and oxygen atoms in total.